The Morgan fingerprint density at radius 1 is 1.38 bits per heavy atom. The van der Waals surface area contributed by atoms with Crippen molar-refractivity contribution in [2.24, 2.45) is 11.8 Å². The molecule has 90 valence electrons. The highest BCUT2D eigenvalue weighted by Gasteiger charge is 2.28. The first-order chi connectivity index (χ1) is 7.72. The average molecular weight is 222 g/mol. The molecule has 1 N–H and O–H groups in total. The monoisotopic (exact) mass is 222 g/mol. The Bertz CT molecular complexity index is 321. The molecule has 1 aliphatic carbocycles. The van der Waals surface area contributed by atoms with Gasteiger partial charge in [-0.05, 0) is 43.2 Å². The molecular weight excluding hydrogens is 200 g/mol. The maximum absolute atomic E-state index is 10.3. The molecule has 1 aromatic rings. The van der Waals surface area contributed by atoms with Gasteiger partial charge in [-0.3, -0.25) is 0 Å². The van der Waals surface area contributed by atoms with E-state index in [1.807, 2.05) is 13.0 Å². The molecule has 2 nitrogen and oxygen atoms in total. The molecule has 2 heteroatoms. The number of aryl methyl sites for hydroxylation is 1. The topological polar surface area (TPSA) is 33.4 Å². The van der Waals surface area contributed by atoms with Gasteiger partial charge in [-0.1, -0.05) is 26.2 Å². The normalized spacial score (nSPS) is 27.9. The molecule has 1 heterocycles. The maximum Gasteiger partial charge on any atom is 0.135 e. The van der Waals surface area contributed by atoms with Crippen LogP contribution in [0.2, 0.25) is 0 Å². The molecule has 2 rings (SSSR count). The fraction of sp³-hybridized carbons (Fsp3) is 0.714. The third-order valence-corrected chi connectivity index (χ3v) is 4.09. The predicted molar refractivity (Wildman–Crippen MR) is 64.1 cm³/mol. The second kappa shape index (κ2) is 5.05. The van der Waals surface area contributed by atoms with Gasteiger partial charge in [-0.15, -0.1) is 0 Å². The fourth-order valence-corrected chi connectivity index (χ4v) is 2.81. The summed E-state index contributed by atoms with van der Waals surface area (Å²) in [5.41, 5.74) is 1.07. The lowest BCUT2D eigenvalue weighted by Crippen LogP contribution is -2.20. The first-order valence-electron chi connectivity index (χ1n) is 6.44. The van der Waals surface area contributed by atoms with E-state index in [1.54, 1.807) is 6.26 Å². The molecule has 0 aliphatic heterocycles. The Morgan fingerprint density at radius 3 is 2.56 bits per heavy atom. The molecule has 0 amide bonds. The summed E-state index contributed by atoms with van der Waals surface area (Å²) in [6, 6.07) is 1.93. The van der Waals surface area contributed by atoms with Crippen molar-refractivity contribution in [3.8, 4) is 0 Å². The molecule has 0 bridgehead atoms. The lowest BCUT2D eigenvalue weighted by molar-refractivity contribution is 0.0547. The molecule has 1 fully saturated rings. The Balaban J connectivity index is 1.97. The van der Waals surface area contributed by atoms with E-state index in [9.17, 15) is 5.11 Å². The van der Waals surface area contributed by atoms with Crippen molar-refractivity contribution in [2.75, 3.05) is 0 Å². The van der Waals surface area contributed by atoms with Crippen LogP contribution in [0.15, 0.2) is 16.7 Å². The summed E-state index contributed by atoms with van der Waals surface area (Å²) >= 11 is 0. The Kier molecular flexibility index (Phi) is 3.70. The van der Waals surface area contributed by atoms with Gasteiger partial charge in [0.1, 0.15) is 11.9 Å². The zero-order chi connectivity index (χ0) is 11.5. The molecular formula is C14H22O2. The van der Waals surface area contributed by atoms with E-state index in [0.717, 1.165) is 30.1 Å². The van der Waals surface area contributed by atoms with Gasteiger partial charge in [0.05, 0.1) is 6.26 Å². The average Bonchev–Trinajstić information content (AvgIpc) is 2.75. The highest BCUT2D eigenvalue weighted by atomic mass is 16.4. The zero-order valence-electron chi connectivity index (χ0n) is 10.3. The molecule has 1 atom stereocenters. The van der Waals surface area contributed by atoms with E-state index in [0.29, 0.717) is 5.92 Å². The van der Waals surface area contributed by atoms with Crippen LogP contribution in [0.5, 0.6) is 0 Å². The second-order valence-electron chi connectivity index (χ2n) is 5.10. The molecule has 1 unspecified atom stereocenters. The number of aliphatic hydroxyl groups excluding tert-OH is 1. The van der Waals surface area contributed by atoms with E-state index in [-0.39, 0.29) is 0 Å². The Hall–Kier alpha value is -0.760. The highest BCUT2D eigenvalue weighted by Crippen LogP contribution is 2.38. The highest BCUT2D eigenvalue weighted by molar-refractivity contribution is 5.17. The van der Waals surface area contributed by atoms with E-state index in [1.165, 1.54) is 19.3 Å². The van der Waals surface area contributed by atoms with Crippen molar-refractivity contribution < 1.29 is 9.52 Å². The van der Waals surface area contributed by atoms with Crippen molar-refractivity contribution in [2.45, 2.75) is 52.1 Å². The summed E-state index contributed by atoms with van der Waals surface area (Å²) in [4.78, 5) is 0. The minimum absolute atomic E-state index is 0.396. The van der Waals surface area contributed by atoms with Gasteiger partial charge in [0, 0.05) is 0 Å². The minimum atomic E-state index is -0.396. The van der Waals surface area contributed by atoms with Gasteiger partial charge >= 0.3 is 0 Å². The summed E-state index contributed by atoms with van der Waals surface area (Å²) in [7, 11) is 0. The summed E-state index contributed by atoms with van der Waals surface area (Å²) in [6.07, 6.45) is 7.36. The molecule has 1 saturated carbocycles. The minimum Gasteiger partial charge on any atom is -0.466 e. The van der Waals surface area contributed by atoms with Crippen LogP contribution in [-0.4, -0.2) is 5.11 Å². The first-order valence-corrected chi connectivity index (χ1v) is 6.44. The van der Waals surface area contributed by atoms with E-state index in [2.05, 4.69) is 6.92 Å². The number of hydrogen-bond acceptors (Lipinski definition) is 2. The number of furan rings is 1. The van der Waals surface area contributed by atoms with E-state index in [4.69, 9.17) is 4.42 Å². The first kappa shape index (κ1) is 11.7. The van der Waals surface area contributed by atoms with Crippen LogP contribution in [-0.2, 0) is 0 Å². The Labute approximate surface area is 97.7 Å². The van der Waals surface area contributed by atoms with E-state index < -0.39 is 6.10 Å². The van der Waals surface area contributed by atoms with E-state index >= 15 is 0 Å². The number of rotatable bonds is 3. The fourth-order valence-electron chi connectivity index (χ4n) is 2.81. The van der Waals surface area contributed by atoms with Crippen LogP contribution in [0.3, 0.4) is 0 Å². The van der Waals surface area contributed by atoms with Gasteiger partial charge in [-0.2, -0.15) is 0 Å². The van der Waals surface area contributed by atoms with Crippen LogP contribution >= 0.6 is 0 Å². The standard InChI is InChI=1S/C14H22O2/c1-3-11-4-6-12(7-5-11)13(15)14-10(2)8-9-16-14/h8-9,11-13,15H,3-7H2,1-2H3. The molecule has 0 spiro atoms. The third-order valence-electron chi connectivity index (χ3n) is 4.09. The number of hydrogen-bond donors (Lipinski definition) is 1. The van der Waals surface area contributed by atoms with Crippen molar-refractivity contribution in [1.82, 2.24) is 0 Å². The SMILES string of the molecule is CCC1CCC(C(O)c2occc2C)CC1. The quantitative estimate of drug-likeness (QED) is 0.843. The summed E-state index contributed by atoms with van der Waals surface area (Å²) in [5.74, 6) is 2.05. The summed E-state index contributed by atoms with van der Waals surface area (Å²) in [5, 5.41) is 10.3. The van der Waals surface area contributed by atoms with Crippen molar-refractivity contribution >= 4 is 0 Å². The number of aliphatic hydroxyl groups is 1. The third kappa shape index (κ3) is 2.32. The summed E-state index contributed by atoms with van der Waals surface area (Å²) in [6.45, 7) is 4.26. The summed E-state index contributed by atoms with van der Waals surface area (Å²) < 4.78 is 5.38. The lowest BCUT2D eigenvalue weighted by Gasteiger charge is -2.30. The van der Waals surface area contributed by atoms with Crippen LogP contribution < -0.4 is 0 Å². The Morgan fingerprint density at radius 2 is 2.06 bits per heavy atom. The van der Waals surface area contributed by atoms with Crippen LogP contribution in [0.25, 0.3) is 0 Å². The second-order valence-corrected chi connectivity index (χ2v) is 5.10. The molecule has 16 heavy (non-hydrogen) atoms. The molecule has 1 aliphatic rings. The molecule has 0 aromatic carbocycles. The smallest absolute Gasteiger partial charge is 0.135 e. The van der Waals surface area contributed by atoms with Crippen molar-refractivity contribution in [1.29, 1.82) is 0 Å². The maximum atomic E-state index is 10.3. The lowest BCUT2D eigenvalue weighted by atomic mass is 9.78. The predicted octanol–water partition coefficient (Wildman–Crippen LogP) is 3.84. The van der Waals surface area contributed by atoms with Gasteiger partial charge in [-0.25, -0.2) is 0 Å². The molecule has 0 saturated heterocycles. The van der Waals surface area contributed by atoms with Crippen LogP contribution in [0, 0.1) is 18.8 Å². The van der Waals surface area contributed by atoms with Crippen LogP contribution in [0.4, 0.5) is 0 Å². The van der Waals surface area contributed by atoms with Crippen molar-refractivity contribution in [3.63, 3.8) is 0 Å². The van der Waals surface area contributed by atoms with Crippen LogP contribution in [0.1, 0.15) is 56.5 Å². The van der Waals surface area contributed by atoms with Crippen molar-refractivity contribution in [3.05, 3.63) is 23.7 Å². The zero-order valence-corrected chi connectivity index (χ0v) is 10.3. The van der Waals surface area contributed by atoms with Gasteiger partial charge < -0.3 is 9.52 Å². The molecule has 0 radical (unpaired) electrons. The van der Waals surface area contributed by atoms with Gasteiger partial charge in [0.2, 0.25) is 0 Å². The molecule has 1 aromatic heterocycles. The van der Waals surface area contributed by atoms with Gasteiger partial charge in [0.25, 0.3) is 0 Å². The van der Waals surface area contributed by atoms with Gasteiger partial charge in [0.15, 0.2) is 0 Å². The largest absolute Gasteiger partial charge is 0.466 e.